The van der Waals surface area contributed by atoms with Crippen LogP contribution in [-0.4, -0.2) is 65.0 Å². The van der Waals surface area contributed by atoms with Crippen LogP contribution in [0.1, 0.15) is 38.9 Å². The molecule has 0 saturated carbocycles. The van der Waals surface area contributed by atoms with Gasteiger partial charge in [0.25, 0.3) is 0 Å². The lowest BCUT2D eigenvalue weighted by molar-refractivity contribution is 0.0170. The van der Waals surface area contributed by atoms with Gasteiger partial charge in [-0.25, -0.2) is 4.79 Å². The van der Waals surface area contributed by atoms with Gasteiger partial charge >= 0.3 is 6.09 Å². The molecule has 1 amide bonds. The monoisotopic (exact) mass is 384 g/mol. The summed E-state index contributed by atoms with van der Waals surface area (Å²) in [5.74, 6) is 0.304. The molecular weight excluding hydrogens is 356 g/mol. The van der Waals surface area contributed by atoms with Gasteiger partial charge in [0.2, 0.25) is 0 Å². The molecular formula is C19H29ClN2O4. The molecule has 6 nitrogen and oxygen atoms in total. The van der Waals surface area contributed by atoms with Crippen molar-refractivity contribution in [3.63, 3.8) is 0 Å². The van der Waals surface area contributed by atoms with Crippen molar-refractivity contribution >= 4 is 23.4 Å². The minimum absolute atomic E-state index is 0.274. The summed E-state index contributed by atoms with van der Waals surface area (Å²) in [6.07, 6.45) is -1.73. The zero-order chi connectivity index (χ0) is 19.3. The molecule has 146 valence electrons. The van der Waals surface area contributed by atoms with Gasteiger partial charge in [0.1, 0.15) is 11.7 Å². The Morgan fingerprint density at radius 2 is 1.73 bits per heavy atom. The second-order valence-electron chi connectivity index (χ2n) is 7.54. The minimum Gasteiger partial charge on any atom is -0.444 e. The summed E-state index contributed by atoms with van der Waals surface area (Å²) in [7, 11) is 0. The van der Waals surface area contributed by atoms with Gasteiger partial charge in [-0.1, -0.05) is 12.1 Å². The number of benzene rings is 1. The number of hydrogen-bond donors (Lipinski definition) is 2. The van der Waals surface area contributed by atoms with E-state index in [2.05, 4.69) is 4.90 Å². The Morgan fingerprint density at radius 1 is 1.15 bits per heavy atom. The normalized spacial score (nSPS) is 17.8. The van der Waals surface area contributed by atoms with E-state index in [1.165, 1.54) is 0 Å². The molecule has 26 heavy (non-hydrogen) atoms. The first-order valence-corrected chi connectivity index (χ1v) is 9.49. The second-order valence-corrected chi connectivity index (χ2v) is 7.91. The Balaban J connectivity index is 1.90. The van der Waals surface area contributed by atoms with Crippen LogP contribution in [0.5, 0.6) is 0 Å². The van der Waals surface area contributed by atoms with E-state index >= 15 is 0 Å². The lowest BCUT2D eigenvalue weighted by Gasteiger charge is -2.36. The summed E-state index contributed by atoms with van der Waals surface area (Å²) in [4.78, 5) is 16.0. The fraction of sp³-hybridized carbons (Fsp3) is 0.632. The highest BCUT2D eigenvalue weighted by molar-refractivity contribution is 6.17. The maximum absolute atomic E-state index is 12.1. The number of amides is 1. The van der Waals surface area contributed by atoms with Crippen LogP contribution in [0.3, 0.4) is 0 Å². The number of piperazine rings is 1. The summed E-state index contributed by atoms with van der Waals surface area (Å²) in [6, 6.07) is 7.49. The molecule has 1 aliphatic rings. The molecule has 1 heterocycles. The van der Waals surface area contributed by atoms with Crippen molar-refractivity contribution in [2.75, 3.05) is 37.0 Å². The molecule has 7 heteroatoms. The van der Waals surface area contributed by atoms with Gasteiger partial charge in [0, 0.05) is 37.7 Å². The third kappa shape index (κ3) is 5.76. The van der Waals surface area contributed by atoms with E-state index in [1.54, 1.807) is 4.90 Å². The predicted octanol–water partition coefficient (Wildman–Crippen LogP) is 2.77. The maximum atomic E-state index is 12.1. The van der Waals surface area contributed by atoms with E-state index in [-0.39, 0.29) is 6.09 Å². The van der Waals surface area contributed by atoms with Crippen molar-refractivity contribution in [1.29, 1.82) is 0 Å². The molecule has 2 rings (SSSR count). The largest absolute Gasteiger partial charge is 0.444 e. The Morgan fingerprint density at radius 3 is 2.23 bits per heavy atom. The van der Waals surface area contributed by atoms with Crippen LogP contribution in [0.4, 0.5) is 10.5 Å². The quantitative estimate of drug-likeness (QED) is 0.763. The van der Waals surface area contributed by atoms with E-state index in [0.717, 1.165) is 18.8 Å². The molecule has 1 aromatic carbocycles. The molecule has 0 aromatic heterocycles. The van der Waals surface area contributed by atoms with Crippen LogP contribution in [0.15, 0.2) is 24.3 Å². The van der Waals surface area contributed by atoms with E-state index < -0.39 is 17.8 Å². The molecule has 0 radical (unpaired) electrons. The van der Waals surface area contributed by atoms with Gasteiger partial charge in [-0.2, -0.15) is 0 Å². The lowest BCUT2D eigenvalue weighted by atomic mass is 10.0. The number of halogens is 1. The van der Waals surface area contributed by atoms with Crippen LogP contribution >= 0.6 is 11.6 Å². The standard InChI is InChI=1S/C19H29ClN2O4/c1-19(2,3)26-18(25)22-12-10-21(11-13-22)15-6-4-14(5-7-15)17(24)16(23)8-9-20/h4-7,16-17,23-24H,8-13H2,1-3H3. The number of alkyl halides is 1. The van der Waals surface area contributed by atoms with E-state index in [1.807, 2.05) is 45.0 Å². The highest BCUT2D eigenvalue weighted by Gasteiger charge is 2.26. The zero-order valence-corrected chi connectivity index (χ0v) is 16.4. The number of carbonyl (C=O) groups excluding carboxylic acids is 1. The van der Waals surface area contributed by atoms with Crippen LogP contribution in [0.25, 0.3) is 0 Å². The van der Waals surface area contributed by atoms with Crippen LogP contribution in [0.2, 0.25) is 0 Å². The van der Waals surface area contributed by atoms with Crippen molar-refractivity contribution in [2.24, 2.45) is 0 Å². The molecule has 0 aliphatic carbocycles. The lowest BCUT2D eigenvalue weighted by Crippen LogP contribution is -2.50. The Hall–Kier alpha value is -1.50. The summed E-state index contributed by atoms with van der Waals surface area (Å²) in [6.45, 7) is 8.23. The molecule has 2 unspecified atom stereocenters. The Kier molecular flexibility index (Phi) is 7.15. The smallest absolute Gasteiger partial charge is 0.410 e. The summed E-state index contributed by atoms with van der Waals surface area (Å²) in [5.41, 5.74) is 1.20. The zero-order valence-electron chi connectivity index (χ0n) is 15.7. The number of hydrogen-bond acceptors (Lipinski definition) is 5. The van der Waals surface area contributed by atoms with Gasteiger partial charge in [0.05, 0.1) is 6.10 Å². The number of anilines is 1. The Bertz CT molecular complexity index is 580. The van der Waals surface area contributed by atoms with Gasteiger partial charge in [-0.05, 0) is 44.9 Å². The third-order valence-electron chi connectivity index (χ3n) is 4.30. The van der Waals surface area contributed by atoms with E-state index in [0.29, 0.717) is 31.0 Å². The summed E-state index contributed by atoms with van der Waals surface area (Å²) in [5, 5.41) is 20.0. The number of rotatable bonds is 5. The van der Waals surface area contributed by atoms with Gasteiger partial charge in [-0.3, -0.25) is 0 Å². The minimum atomic E-state index is -0.938. The van der Waals surface area contributed by atoms with E-state index in [9.17, 15) is 15.0 Å². The maximum Gasteiger partial charge on any atom is 0.410 e. The summed E-state index contributed by atoms with van der Waals surface area (Å²) < 4.78 is 5.41. The average molecular weight is 385 g/mol. The van der Waals surface area contributed by atoms with Crippen molar-refractivity contribution in [1.82, 2.24) is 4.90 Å². The topological polar surface area (TPSA) is 73.2 Å². The van der Waals surface area contributed by atoms with Crippen LogP contribution < -0.4 is 4.90 Å². The number of carbonyl (C=O) groups is 1. The van der Waals surface area contributed by atoms with Crippen LogP contribution in [0, 0.1) is 0 Å². The van der Waals surface area contributed by atoms with Crippen molar-refractivity contribution in [2.45, 2.75) is 45.0 Å². The van der Waals surface area contributed by atoms with Crippen molar-refractivity contribution in [3.05, 3.63) is 29.8 Å². The van der Waals surface area contributed by atoms with Crippen LogP contribution in [-0.2, 0) is 4.74 Å². The Labute approximate surface area is 160 Å². The van der Waals surface area contributed by atoms with Gasteiger partial charge in [-0.15, -0.1) is 11.6 Å². The molecule has 1 aliphatic heterocycles. The van der Waals surface area contributed by atoms with Crippen molar-refractivity contribution < 1.29 is 19.7 Å². The first-order chi connectivity index (χ1) is 12.2. The fourth-order valence-electron chi connectivity index (χ4n) is 2.85. The fourth-order valence-corrected chi connectivity index (χ4v) is 3.07. The summed E-state index contributed by atoms with van der Waals surface area (Å²) >= 11 is 5.61. The molecule has 0 spiro atoms. The number of aliphatic hydroxyl groups excluding tert-OH is 2. The molecule has 1 fully saturated rings. The number of ether oxygens (including phenoxy) is 1. The first kappa shape index (κ1) is 20.8. The average Bonchev–Trinajstić information content (AvgIpc) is 2.60. The SMILES string of the molecule is CC(C)(C)OC(=O)N1CCN(c2ccc(C(O)C(O)CCCl)cc2)CC1. The molecule has 1 saturated heterocycles. The molecule has 2 N–H and O–H groups in total. The van der Waals surface area contributed by atoms with E-state index in [4.69, 9.17) is 16.3 Å². The van der Waals surface area contributed by atoms with Gasteiger partial charge < -0.3 is 24.7 Å². The second kappa shape index (κ2) is 8.93. The third-order valence-corrected chi connectivity index (χ3v) is 4.52. The number of aliphatic hydroxyl groups is 2. The molecule has 2 atom stereocenters. The van der Waals surface area contributed by atoms with Gasteiger partial charge in [0.15, 0.2) is 0 Å². The molecule has 1 aromatic rings. The first-order valence-electron chi connectivity index (χ1n) is 8.96. The number of nitrogens with zero attached hydrogens (tertiary/aromatic N) is 2. The highest BCUT2D eigenvalue weighted by Crippen LogP contribution is 2.24. The molecule has 0 bridgehead atoms. The highest BCUT2D eigenvalue weighted by atomic mass is 35.5. The van der Waals surface area contributed by atoms with Crippen molar-refractivity contribution in [3.8, 4) is 0 Å². The predicted molar refractivity (Wildman–Crippen MR) is 103 cm³/mol.